The summed E-state index contributed by atoms with van der Waals surface area (Å²) in [5.74, 6) is 0. The number of morpholine rings is 1. The van der Waals surface area contributed by atoms with Gasteiger partial charge in [-0.05, 0) is 31.3 Å². The van der Waals surface area contributed by atoms with Gasteiger partial charge in [-0.25, -0.2) is 0 Å². The Morgan fingerprint density at radius 2 is 1.54 bits per heavy atom. The van der Waals surface area contributed by atoms with Crippen molar-refractivity contribution >= 4 is 0 Å². The maximum absolute atomic E-state index is 5.48. The van der Waals surface area contributed by atoms with Gasteiger partial charge in [0.2, 0.25) is 0 Å². The van der Waals surface area contributed by atoms with Crippen molar-refractivity contribution in [2.45, 2.75) is 90.4 Å². The highest BCUT2D eigenvalue weighted by Gasteiger charge is 2.19. The molecule has 0 saturated carbocycles. The monoisotopic (exact) mass is 333 g/mol. The fourth-order valence-electron chi connectivity index (χ4n) is 3.87. The number of hydrogen-bond acceptors (Lipinski definition) is 2. The molecule has 0 aromatic carbocycles. The van der Waals surface area contributed by atoms with Gasteiger partial charge in [0, 0.05) is 18.8 Å². The molecule has 1 saturated heterocycles. The van der Waals surface area contributed by atoms with Crippen molar-refractivity contribution in [3.63, 3.8) is 0 Å². The van der Waals surface area contributed by atoms with E-state index in [0.29, 0.717) is 0 Å². The summed E-state index contributed by atoms with van der Waals surface area (Å²) >= 11 is 0. The molecule has 0 N–H and O–H groups in total. The highest BCUT2D eigenvalue weighted by Crippen LogP contribution is 2.29. The van der Waals surface area contributed by atoms with E-state index in [4.69, 9.17) is 4.74 Å². The zero-order valence-electron chi connectivity index (χ0n) is 16.0. The van der Waals surface area contributed by atoms with E-state index in [2.05, 4.69) is 24.0 Å². The summed E-state index contributed by atoms with van der Waals surface area (Å²) in [7, 11) is 0. The van der Waals surface area contributed by atoms with E-state index >= 15 is 0 Å². The van der Waals surface area contributed by atoms with E-state index in [1.54, 1.807) is 5.57 Å². The van der Waals surface area contributed by atoms with Crippen LogP contribution < -0.4 is 0 Å². The zero-order chi connectivity index (χ0) is 16.9. The second kappa shape index (κ2) is 12.6. The first-order chi connectivity index (χ1) is 11.9. The fraction of sp³-hybridized carbons (Fsp3) is 0.818. The average molecular weight is 334 g/mol. The van der Waals surface area contributed by atoms with E-state index in [1.807, 2.05) is 0 Å². The molecule has 2 nitrogen and oxygen atoms in total. The van der Waals surface area contributed by atoms with Gasteiger partial charge in [0.1, 0.15) is 0 Å². The van der Waals surface area contributed by atoms with Crippen molar-refractivity contribution in [3.8, 4) is 0 Å². The van der Waals surface area contributed by atoms with Gasteiger partial charge in [0.25, 0.3) is 0 Å². The lowest BCUT2D eigenvalue weighted by atomic mass is 10.0. The van der Waals surface area contributed by atoms with Crippen molar-refractivity contribution in [3.05, 3.63) is 23.4 Å². The van der Waals surface area contributed by atoms with Crippen LogP contribution in [-0.4, -0.2) is 31.2 Å². The molecule has 1 aliphatic heterocycles. The van der Waals surface area contributed by atoms with Crippen molar-refractivity contribution in [1.82, 2.24) is 4.90 Å². The standard InChI is InChI=1S/C22H39NO/c1-2-3-4-5-6-7-8-9-10-11-12-14-21-15-13-16-22(21)23-17-19-24-20-18-23/h14,16H,2-13,15,17-20H2,1H3/b21-14-. The molecule has 0 aromatic heterocycles. The Hall–Kier alpha value is -0.760. The van der Waals surface area contributed by atoms with Gasteiger partial charge in [0.05, 0.1) is 13.2 Å². The van der Waals surface area contributed by atoms with Crippen LogP contribution in [0.5, 0.6) is 0 Å². The Morgan fingerprint density at radius 1 is 0.917 bits per heavy atom. The lowest BCUT2D eigenvalue weighted by Gasteiger charge is -2.30. The Morgan fingerprint density at radius 3 is 2.21 bits per heavy atom. The topological polar surface area (TPSA) is 12.5 Å². The van der Waals surface area contributed by atoms with Gasteiger partial charge in [-0.1, -0.05) is 76.9 Å². The summed E-state index contributed by atoms with van der Waals surface area (Å²) in [6, 6.07) is 0. The summed E-state index contributed by atoms with van der Waals surface area (Å²) in [6.07, 6.45) is 23.0. The molecule has 0 radical (unpaired) electrons. The Balaban J connectivity index is 1.50. The minimum Gasteiger partial charge on any atom is -0.378 e. The number of ether oxygens (including phenoxy) is 1. The number of unbranched alkanes of at least 4 members (excludes halogenated alkanes) is 10. The van der Waals surface area contributed by atoms with Crippen LogP contribution in [0.1, 0.15) is 90.4 Å². The van der Waals surface area contributed by atoms with Gasteiger partial charge in [-0.2, -0.15) is 0 Å². The maximum Gasteiger partial charge on any atom is 0.0642 e. The minimum absolute atomic E-state index is 0.892. The molecular weight excluding hydrogens is 294 g/mol. The van der Waals surface area contributed by atoms with Crippen molar-refractivity contribution < 1.29 is 4.74 Å². The van der Waals surface area contributed by atoms with E-state index in [1.165, 1.54) is 89.2 Å². The second-order valence-electron chi connectivity index (χ2n) is 7.43. The van der Waals surface area contributed by atoms with Crippen molar-refractivity contribution in [1.29, 1.82) is 0 Å². The first-order valence-corrected chi connectivity index (χ1v) is 10.6. The summed E-state index contributed by atoms with van der Waals surface area (Å²) in [6.45, 7) is 6.22. The first kappa shape index (κ1) is 19.6. The van der Waals surface area contributed by atoms with Crippen molar-refractivity contribution in [2.24, 2.45) is 0 Å². The van der Waals surface area contributed by atoms with E-state index in [-0.39, 0.29) is 0 Å². The molecule has 0 unspecified atom stereocenters. The minimum atomic E-state index is 0.892. The summed E-state index contributed by atoms with van der Waals surface area (Å²) in [4.78, 5) is 2.53. The zero-order valence-corrected chi connectivity index (χ0v) is 16.0. The Kier molecular flexibility index (Phi) is 10.3. The van der Waals surface area contributed by atoms with Crippen molar-refractivity contribution in [2.75, 3.05) is 26.3 Å². The van der Waals surface area contributed by atoms with Crippen LogP contribution in [0.3, 0.4) is 0 Å². The predicted molar refractivity (Wildman–Crippen MR) is 104 cm³/mol. The lowest BCUT2D eigenvalue weighted by Crippen LogP contribution is -2.35. The molecule has 0 aromatic rings. The molecule has 1 heterocycles. The molecule has 138 valence electrons. The van der Waals surface area contributed by atoms with Gasteiger partial charge >= 0.3 is 0 Å². The highest BCUT2D eigenvalue weighted by molar-refractivity contribution is 5.35. The first-order valence-electron chi connectivity index (χ1n) is 10.6. The molecule has 2 rings (SSSR count). The number of allylic oxidation sites excluding steroid dienone is 3. The Labute approximate surface area is 150 Å². The third-order valence-electron chi connectivity index (χ3n) is 5.38. The molecule has 1 fully saturated rings. The van der Waals surface area contributed by atoms with Gasteiger partial charge in [-0.15, -0.1) is 0 Å². The van der Waals surface area contributed by atoms with Gasteiger partial charge in [-0.3, -0.25) is 0 Å². The molecular formula is C22H39NO. The summed E-state index contributed by atoms with van der Waals surface area (Å²) in [5, 5.41) is 0. The predicted octanol–water partition coefficient (Wildman–Crippen LogP) is 6.23. The Bertz CT molecular complexity index is 379. The van der Waals surface area contributed by atoms with Crippen LogP contribution in [0.4, 0.5) is 0 Å². The quantitative estimate of drug-likeness (QED) is 0.392. The van der Waals surface area contributed by atoms with Crippen LogP contribution in [0, 0.1) is 0 Å². The second-order valence-corrected chi connectivity index (χ2v) is 7.43. The average Bonchev–Trinajstić information content (AvgIpc) is 3.09. The number of rotatable bonds is 12. The molecule has 0 bridgehead atoms. The molecule has 2 heteroatoms. The SMILES string of the molecule is CCCCCCCCCCCC/C=C1/CCC=C1N1CCOCC1. The normalized spacial score (nSPS) is 20.0. The molecule has 0 atom stereocenters. The van der Waals surface area contributed by atoms with Crippen LogP contribution in [-0.2, 0) is 4.74 Å². The highest BCUT2D eigenvalue weighted by atomic mass is 16.5. The molecule has 1 aliphatic carbocycles. The van der Waals surface area contributed by atoms with E-state index in [9.17, 15) is 0 Å². The third-order valence-corrected chi connectivity index (χ3v) is 5.38. The molecule has 2 aliphatic rings. The summed E-state index contributed by atoms with van der Waals surface area (Å²) in [5.41, 5.74) is 3.12. The lowest BCUT2D eigenvalue weighted by molar-refractivity contribution is 0.0549. The number of hydrogen-bond donors (Lipinski definition) is 0. The fourth-order valence-corrected chi connectivity index (χ4v) is 3.87. The maximum atomic E-state index is 5.48. The third kappa shape index (κ3) is 7.42. The molecule has 24 heavy (non-hydrogen) atoms. The van der Waals surface area contributed by atoms with Crippen LogP contribution in [0.15, 0.2) is 23.4 Å². The molecule has 0 amide bonds. The van der Waals surface area contributed by atoms with Gasteiger partial charge in [0.15, 0.2) is 0 Å². The largest absolute Gasteiger partial charge is 0.378 e. The molecule has 0 spiro atoms. The smallest absolute Gasteiger partial charge is 0.0642 e. The van der Waals surface area contributed by atoms with E-state index in [0.717, 1.165) is 26.3 Å². The van der Waals surface area contributed by atoms with Crippen LogP contribution >= 0.6 is 0 Å². The van der Waals surface area contributed by atoms with Crippen LogP contribution in [0.25, 0.3) is 0 Å². The summed E-state index contributed by atoms with van der Waals surface area (Å²) < 4.78 is 5.48. The van der Waals surface area contributed by atoms with E-state index < -0.39 is 0 Å². The number of nitrogens with zero attached hydrogens (tertiary/aromatic N) is 1. The van der Waals surface area contributed by atoms with Crippen LogP contribution in [0.2, 0.25) is 0 Å². The van der Waals surface area contributed by atoms with Gasteiger partial charge < -0.3 is 9.64 Å².